The molecule has 0 bridgehead atoms. The Morgan fingerprint density at radius 2 is 1.66 bits per heavy atom. The molecule has 0 N–H and O–H groups in total. The molecule has 3 nitrogen and oxygen atoms in total. The highest BCUT2D eigenvalue weighted by Crippen LogP contribution is 2.32. The maximum absolute atomic E-state index is 13.8. The number of aldehydes is 1. The summed E-state index contributed by atoms with van der Waals surface area (Å²) in [5.74, 6) is 0.635. The zero-order chi connectivity index (χ0) is 25.0. The molecule has 0 radical (unpaired) electrons. The molecule has 0 atom stereocenters. The second-order valence-corrected chi connectivity index (χ2v) is 9.14. The lowest BCUT2D eigenvalue weighted by Crippen LogP contribution is -2.28. The van der Waals surface area contributed by atoms with Gasteiger partial charge in [0.2, 0.25) is 0 Å². The topological polar surface area (TPSA) is 35.5 Å². The summed E-state index contributed by atoms with van der Waals surface area (Å²) in [5, 5.41) is 0.755. The van der Waals surface area contributed by atoms with Gasteiger partial charge in [-0.25, -0.2) is 4.39 Å². The van der Waals surface area contributed by atoms with E-state index in [9.17, 15) is 4.39 Å². The maximum Gasteiger partial charge on any atom is 0.123 e. The Kier molecular flexibility index (Phi) is 10.8. The van der Waals surface area contributed by atoms with E-state index in [2.05, 4.69) is 19.1 Å². The minimum Gasteiger partial charge on any atom is -0.490 e. The van der Waals surface area contributed by atoms with Crippen LogP contribution in [0, 0.1) is 5.82 Å². The molecule has 3 aromatic carbocycles. The van der Waals surface area contributed by atoms with E-state index in [4.69, 9.17) is 25.9 Å². The molecule has 0 unspecified atom stereocenters. The second kappa shape index (κ2) is 14.0. The summed E-state index contributed by atoms with van der Waals surface area (Å²) in [4.78, 5) is 8.81. The Hall–Kier alpha value is -2.69. The van der Waals surface area contributed by atoms with E-state index in [-0.39, 0.29) is 18.0 Å². The van der Waals surface area contributed by atoms with Crippen LogP contribution in [0.25, 0.3) is 11.1 Å². The fraction of sp³-hybridized carbons (Fsp3) is 0.367. The first-order valence-corrected chi connectivity index (χ1v) is 12.7. The van der Waals surface area contributed by atoms with E-state index in [1.807, 2.05) is 36.4 Å². The van der Waals surface area contributed by atoms with Gasteiger partial charge >= 0.3 is 0 Å². The number of benzene rings is 3. The zero-order valence-electron chi connectivity index (χ0n) is 20.5. The van der Waals surface area contributed by atoms with E-state index >= 15 is 0 Å². The first-order chi connectivity index (χ1) is 17.0. The summed E-state index contributed by atoms with van der Waals surface area (Å²) >= 11 is 6.23. The molecule has 0 amide bonds. The summed E-state index contributed by atoms with van der Waals surface area (Å²) < 4.78 is 26.3. The Balaban J connectivity index is 0.00000108. The van der Waals surface area contributed by atoms with Gasteiger partial charge in [-0.05, 0) is 91.6 Å². The highest BCUT2D eigenvalue weighted by atomic mass is 35.5. The Morgan fingerprint density at radius 3 is 2.34 bits per heavy atom. The van der Waals surface area contributed by atoms with E-state index in [1.165, 1.54) is 18.6 Å². The van der Waals surface area contributed by atoms with Crippen molar-refractivity contribution in [3.63, 3.8) is 0 Å². The SMILES string of the molecule is CC=O.CCCc1ccc(OC2CCC(OCc3ccccc3Cl)CC2)cc1-c1cccc(F)c1. The molecule has 1 saturated carbocycles. The number of aryl methyl sites for hydroxylation is 1. The van der Waals surface area contributed by atoms with Crippen LogP contribution in [0.4, 0.5) is 4.39 Å². The number of carbonyl (C=O) groups excluding carboxylic acids is 1. The number of halogens is 2. The van der Waals surface area contributed by atoms with Crippen molar-refractivity contribution in [2.45, 2.75) is 71.2 Å². The van der Waals surface area contributed by atoms with Crippen molar-refractivity contribution in [2.75, 3.05) is 0 Å². The molecule has 186 valence electrons. The van der Waals surface area contributed by atoms with Gasteiger partial charge in [-0.3, -0.25) is 0 Å². The van der Waals surface area contributed by atoms with E-state index in [0.29, 0.717) is 6.61 Å². The van der Waals surface area contributed by atoms with Crippen molar-refractivity contribution in [1.29, 1.82) is 0 Å². The molecule has 0 spiro atoms. The molecule has 1 aliphatic carbocycles. The third kappa shape index (κ3) is 8.19. The highest BCUT2D eigenvalue weighted by Gasteiger charge is 2.23. The van der Waals surface area contributed by atoms with Gasteiger partial charge < -0.3 is 14.3 Å². The molecule has 3 aromatic rings. The lowest BCUT2D eigenvalue weighted by molar-refractivity contribution is -0.106. The van der Waals surface area contributed by atoms with Crippen molar-refractivity contribution < 1.29 is 18.7 Å². The number of hydrogen-bond acceptors (Lipinski definition) is 3. The van der Waals surface area contributed by atoms with Crippen molar-refractivity contribution in [2.24, 2.45) is 0 Å². The van der Waals surface area contributed by atoms with Crippen LogP contribution in [0.1, 0.15) is 57.1 Å². The average molecular weight is 497 g/mol. The number of rotatable bonds is 8. The fourth-order valence-electron chi connectivity index (χ4n) is 4.37. The van der Waals surface area contributed by atoms with Crippen LogP contribution < -0.4 is 4.74 Å². The van der Waals surface area contributed by atoms with Gasteiger partial charge in [-0.15, -0.1) is 0 Å². The number of carbonyl (C=O) groups is 1. The van der Waals surface area contributed by atoms with Crippen molar-refractivity contribution in [1.82, 2.24) is 0 Å². The van der Waals surface area contributed by atoms with Gasteiger partial charge in [0.15, 0.2) is 0 Å². The smallest absolute Gasteiger partial charge is 0.123 e. The summed E-state index contributed by atoms with van der Waals surface area (Å²) in [5.41, 5.74) is 4.21. The van der Waals surface area contributed by atoms with Gasteiger partial charge in [-0.1, -0.05) is 61.3 Å². The molecule has 0 heterocycles. The van der Waals surface area contributed by atoms with Crippen LogP contribution >= 0.6 is 11.6 Å². The lowest BCUT2D eigenvalue weighted by Gasteiger charge is -2.29. The van der Waals surface area contributed by atoms with Gasteiger partial charge in [0, 0.05) is 5.02 Å². The van der Waals surface area contributed by atoms with Crippen molar-refractivity contribution in [3.05, 3.63) is 88.7 Å². The van der Waals surface area contributed by atoms with Gasteiger partial charge in [-0.2, -0.15) is 0 Å². The molecular formula is C30H34ClFO3. The van der Waals surface area contributed by atoms with Crippen LogP contribution in [-0.2, 0) is 22.6 Å². The normalized spacial score (nSPS) is 17.3. The molecule has 4 rings (SSSR count). The molecule has 0 aromatic heterocycles. The molecule has 0 aliphatic heterocycles. The van der Waals surface area contributed by atoms with Crippen LogP contribution in [0.15, 0.2) is 66.7 Å². The predicted octanol–water partition coefficient (Wildman–Crippen LogP) is 8.21. The minimum absolute atomic E-state index is 0.174. The van der Waals surface area contributed by atoms with Crippen LogP contribution in [0.5, 0.6) is 5.75 Å². The van der Waals surface area contributed by atoms with Gasteiger partial charge in [0.1, 0.15) is 17.9 Å². The van der Waals surface area contributed by atoms with E-state index in [1.54, 1.807) is 12.1 Å². The van der Waals surface area contributed by atoms with Gasteiger partial charge in [0.25, 0.3) is 0 Å². The zero-order valence-corrected chi connectivity index (χ0v) is 21.3. The highest BCUT2D eigenvalue weighted by molar-refractivity contribution is 6.31. The molecule has 35 heavy (non-hydrogen) atoms. The first-order valence-electron chi connectivity index (χ1n) is 12.3. The average Bonchev–Trinajstić information content (AvgIpc) is 2.86. The van der Waals surface area contributed by atoms with Gasteiger partial charge in [0.05, 0.1) is 18.8 Å². The summed E-state index contributed by atoms with van der Waals surface area (Å²) in [6.07, 6.45) is 7.02. The molecule has 1 aliphatic rings. The first kappa shape index (κ1) is 26.9. The minimum atomic E-state index is -0.216. The Morgan fingerprint density at radius 1 is 0.943 bits per heavy atom. The largest absolute Gasteiger partial charge is 0.490 e. The molecule has 1 fully saturated rings. The lowest BCUT2D eigenvalue weighted by atomic mass is 9.94. The quantitative estimate of drug-likeness (QED) is 0.295. The summed E-state index contributed by atoms with van der Waals surface area (Å²) in [6, 6.07) is 20.9. The summed E-state index contributed by atoms with van der Waals surface area (Å²) in [6.45, 7) is 4.15. The molecule has 5 heteroatoms. The van der Waals surface area contributed by atoms with Crippen LogP contribution in [0.2, 0.25) is 5.02 Å². The predicted molar refractivity (Wildman–Crippen MR) is 140 cm³/mol. The summed E-state index contributed by atoms with van der Waals surface area (Å²) in [7, 11) is 0. The van der Waals surface area contributed by atoms with Crippen molar-refractivity contribution >= 4 is 17.9 Å². The molecule has 0 saturated heterocycles. The fourth-order valence-corrected chi connectivity index (χ4v) is 4.56. The van der Waals surface area contributed by atoms with Crippen LogP contribution in [-0.4, -0.2) is 18.5 Å². The number of ether oxygens (including phenoxy) is 2. The standard InChI is InChI=1S/C28H30ClFO2.C2H4O/c1-2-6-20-11-12-26(18-27(20)21-8-5-9-23(30)17-21)32-25-15-13-24(14-16-25)31-19-22-7-3-4-10-28(22)29;1-2-3/h3-5,7-12,17-18,24-25H,2,6,13-16,19H2,1H3;2H,1H3. The van der Waals surface area contributed by atoms with Crippen molar-refractivity contribution in [3.8, 4) is 16.9 Å². The molecular weight excluding hydrogens is 463 g/mol. The monoisotopic (exact) mass is 496 g/mol. The van der Waals surface area contributed by atoms with E-state index < -0.39 is 0 Å². The van der Waals surface area contributed by atoms with Crippen LogP contribution in [0.3, 0.4) is 0 Å². The third-order valence-electron chi connectivity index (χ3n) is 6.09. The Bertz CT molecular complexity index is 1080. The maximum atomic E-state index is 13.8. The third-order valence-corrected chi connectivity index (χ3v) is 6.46. The number of hydrogen-bond donors (Lipinski definition) is 0. The Labute approximate surface area is 213 Å². The second-order valence-electron chi connectivity index (χ2n) is 8.73. The van der Waals surface area contributed by atoms with E-state index in [0.717, 1.165) is 72.3 Å².